The van der Waals surface area contributed by atoms with Crippen molar-refractivity contribution >= 4 is 11.7 Å². The Hall–Kier alpha value is -1.69. The Kier molecular flexibility index (Phi) is 5.69. The summed E-state index contributed by atoms with van der Waals surface area (Å²) in [5, 5.41) is 14.1. The van der Waals surface area contributed by atoms with E-state index in [-0.39, 0.29) is 11.6 Å². The second-order valence-corrected chi connectivity index (χ2v) is 4.68. The van der Waals surface area contributed by atoms with Crippen molar-refractivity contribution < 1.29 is 18.7 Å². The average molecular weight is 272 g/mol. The molecule has 0 saturated heterocycles. The molecule has 3 N–H and O–H groups in total. The molecule has 1 rings (SSSR count). The molecule has 0 saturated carbocycles. The van der Waals surface area contributed by atoms with E-state index in [2.05, 4.69) is 10.6 Å². The number of carbonyl (C=O) groups is 1. The summed E-state index contributed by atoms with van der Waals surface area (Å²) in [5.74, 6) is -1.40. The first-order valence-corrected chi connectivity index (χ1v) is 6.06. The summed E-state index contributed by atoms with van der Waals surface area (Å²) < 4.78 is 25.8. The third-order valence-corrected chi connectivity index (χ3v) is 2.47. The largest absolute Gasteiger partial charge is 0.393 e. The van der Waals surface area contributed by atoms with E-state index in [1.807, 2.05) is 6.92 Å². The second kappa shape index (κ2) is 7.04. The first-order chi connectivity index (χ1) is 8.86. The van der Waals surface area contributed by atoms with Crippen molar-refractivity contribution in [3.05, 3.63) is 29.8 Å². The molecule has 0 aromatic heterocycles. The van der Waals surface area contributed by atoms with Crippen molar-refractivity contribution in [2.24, 2.45) is 5.92 Å². The van der Waals surface area contributed by atoms with Crippen LogP contribution in [0.3, 0.4) is 0 Å². The number of halogens is 2. The van der Waals surface area contributed by atoms with Crippen LogP contribution >= 0.6 is 0 Å². The van der Waals surface area contributed by atoms with Gasteiger partial charge in [-0.15, -0.1) is 0 Å². The Bertz CT molecular complexity index is 418. The van der Waals surface area contributed by atoms with E-state index in [9.17, 15) is 18.7 Å². The van der Waals surface area contributed by atoms with E-state index in [1.54, 1.807) is 6.92 Å². The van der Waals surface area contributed by atoms with Crippen molar-refractivity contribution in [3.63, 3.8) is 0 Å². The zero-order valence-corrected chi connectivity index (χ0v) is 10.9. The predicted molar refractivity (Wildman–Crippen MR) is 68.8 cm³/mol. The lowest BCUT2D eigenvalue weighted by Crippen LogP contribution is -2.33. The van der Waals surface area contributed by atoms with E-state index in [0.717, 1.165) is 18.2 Å². The van der Waals surface area contributed by atoms with Crippen LogP contribution in [-0.4, -0.2) is 23.8 Å². The highest BCUT2D eigenvalue weighted by Gasteiger charge is 2.09. The minimum atomic E-state index is -0.752. The highest BCUT2D eigenvalue weighted by molar-refractivity contribution is 5.89. The monoisotopic (exact) mass is 272 g/mol. The Labute approximate surface area is 110 Å². The van der Waals surface area contributed by atoms with Gasteiger partial charge in [-0.1, -0.05) is 6.92 Å². The van der Waals surface area contributed by atoms with Crippen molar-refractivity contribution in [3.8, 4) is 0 Å². The molecular weight excluding hydrogens is 254 g/mol. The number of aliphatic hydroxyl groups is 1. The second-order valence-electron chi connectivity index (χ2n) is 4.68. The van der Waals surface area contributed by atoms with Gasteiger partial charge in [-0.25, -0.2) is 13.6 Å². The summed E-state index contributed by atoms with van der Waals surface area (Å²) in [7, 11) is 0. The van der Waals surface area contributed by atoms with E-state index in [4.69, 9.17) is 0 Å². The number of amides is 2. The molecule has 2 unspecified atom stereocenters. The minimum Gasteiger partial charge on any atom is -0.393 e. The smallest absolute Gasteiger partial charge is 0.319 e. The molecule has 106 valence electrons. The molecule has 0 aliphatic carbocycles. The Morgan fingerprint density at radius 2 is 1.84 bits per heavy atom. The predicted octanol–water partition coefficient (Wildman–Crippen LogP) is 2.49. The molecule has 0 fully saturated rings. The standard InChI is InChI=1S/C13H18F2N2O2/c1-8(3-9(2)18)7-16-13(19)17-12-5-10(14)4-11(15)6-12/h4-6,8-9,18H,3,7H2,1-2H3,(H2,16,17,19). The van der Waals surface area contributed by atoms with Gasteiger partial charge in [0.05, 0.1) is 6.10 Å². The van der Waals surface area contributed by atoms with Crippen LogP contribution in [0.1, 0.15) is 20.3 Å². The highest BCUT2D eigenvalue weighted by Crippen LogP contribution is 2.12. The molecule has 0 aliphatic heterocycles. The van der Waals surface area contributed by atoms with E-state index in [1.165, 1.54) is 0 Å². The fourth-order valence-electron chi connectivity index (χ4n) is 1.73. The Balaban J connectivity index is 2.42. The van der Waals surface area contributed by atoms with Crippen LogP contribution in [0.4, 0.5) is 19.3 Å². The summed E-state index contributed by atoms with van der Waals surface area (Å²) in [6.07, 6.45) is 0.131. The Morgan fingerprint density at radius 1 is 1.26 bits per heavy atom. The number of hydrogen-bond acceptors (Lipinski definition) is 2. The van der Waals surface area contributed by atoms with Gasteiger partial charge in [0.25, 0.3) is 0 Å². The van der Waals surface area contributed by atoms with Crippen molar-refractivity contribution in [2.75, 3.05) is 11.9 Å². The lowest BCUT2D eigenvalue weighted by Gasteiger charge is -2.14. The first kappa shape index (κ1) is 15.4. The van der Waals surface area contributed by atoms with E-state index < -0.39 is 23.8 Å². The van der Waals surface area contributed by atoms with Crippen molar-refractivity contribution in [1.29, 1.82) is 0 Å². The summed E-state index contributed by atoms with van der Waals surface area (Å²) >= 11 is 0. The van der Waals surface area contributed by atoms with Crippen LogP contribution in [0.5, 0.6) is 0 Å². The van der Waals surface area contributed by atoms with Gasteiger partial charge in [-0.05, 0) is 31.4 Å². The minimum absolute atomic E-state index is 0.0539. The van der Waals surface area contributed by atoms with Crippen LogP contribution in [0.15, 0.2) is 18.2 Å². The first-order valence-electron chi connectivity index (χ1n) is 6.06. The fourth-order valence-corrected chi connectivity index (χ4v) is 1.73. The highest BCUT2D eigenvalue weighted by atomic mass is 19.1. The molecule has 1 aromatic carbocycles. The van der Waals surface area contributed by atoms with Gasteiger partial charge in [0.15, 0.2) is 0 Å². The molecule has 6 heteroatoms. The number of carbonyl (C=O) groups excluding carboxylic acids is 1. The van der Waals surface area contributed by atoms with Crippen LogP contribution < -0.4 is 10.6 Å². The SMILES string of the molecule is CC(O)CC(C)CNC(=O)Nc1cc(F)cc(F)c1. The molecule has 0 spiro atoms. The van der Waals surface area contributed by atoms with Crippen molar-refractivity contribution in [2.45, 2.75) is 26.4 Å². The van der Waals surface area contributed by atoms with Gasteiger partial charge in [-0.3, -0.25) is 0 Å². The van der Waals surface area contributed by atoms with E-state index in [0.29, 0.717) is 13.0 Å². The lowest BCUT2D eigenvalue weighted by molar-refractivity contribution is 0.163. The number of aliphatic hydroxyl groups excluding tert-OH is 1. The molecule has 0 bridgehead atoms. The lowest BCUT2D eigenvalue weighted by atomic mass is 10.1. The quantitative estimate of drug-likeness (QED) is 0.771. The topological polar surface area (TPSA) is 61.4 Å². The van der Waals surface area contributed by atoms with E-state index >= 15 is 0 Å². The van der Waals surface area contributed by atoms with Gasteiger partial charge in [-0.2, -0.15) is 0 Å². The maximum Gasteiger partial charge on any atom is 0.319 e. The number of benzene rings is 1. The van der Waals surface area contributed by atoms with Crippen LogP contribution in [-0.2, 0) is 0 Å². The van der Waals surface area contributed by atoms with Crippen LogP contribution in [0, 0.1) is 17.6 Å². The van der Waals surface area contributed by atoms with Gasteiger partial charge in [0.2, 0.25) is 0 Å². The number of rotatable bonds is 5. The molecule has 2 amide bonds. The van der Waals surface area contributed by atoms with Crippen LogP contribution in [0.25, 0.3) is 0 Å². The molecule has 0 aliphatic rings. The maximum atomic E-state index is 12.9. The zero-order chi connectivity index (χ0) is 14.4. The van der Waals surface area contributed by atoms with Crippen molar-refractivity contribution in [1.82, 2.24) is 5.32 Å². The number of hydrogen-bond donors (Lipinski definition) is 3. The number of anilines is 1. The molecule has 2 atom stereocenters. The Morgan fingerprint density at radius 3 is 2.37 bits per heavy atom. The summed E-state index contributed by atoms with van der Waals surface area (Å²) in [6, 6.07) is 2.25. The van der Waals surface area contributed by atoms with Gasteiger partial charge in [0, 0.05) is 18.3 Å². The third-order valence-electron chi connectivity index (χ3n) is 2.47. The summed E-state index contributed by atoms with van der Waals surface area (Å²) in [4.78, 5) is 11.5. The molecule has 19 heavy (non-hydrogen) atoms. The zero-order valence-electron chi connectivity index (χ0n) is 10.9. The average Bonchev–Trinajstić information content (AvgIpc) is 2.23. The number of nitrogens with one attached hydrogen (secondary N) is 2. The maximum absolute atomic E-state index is 12.9. The number of urea groups is 1. The summed E-state index contributed by atoms with van der Waals surface area (Å²) in [6.45, 7) is 3.93. The third kappa shape index (κ3) is 6.15. The van der Waals surface area contributed by atoms with Gasteiger partial charge < -0.3 is 15.7 Å². The normalized spacial score (nSPS) is 13.7. The van der Waals surface area contributed by atoms with Gasteiger partial charge >= 0.3 is 6.03 Å². The summed E-state index contributed by atoms with van der Waals surface area (Å²) in [5.41, 5.74) is 0.0539. The van der Waals surface area contributed by atoms with Gasteiger partial charge in [0.1, 0.15) is 11.6 Å². The fraction of sp³-hybridized carbons (Fsp3) is 0.462. The molecule has 1 aromatic rings. The van der Waals surface area contributed by atoms with Crippen LogP contribution in [0.2, 0.25) is 0 Å². The molecule has 0 heterocycles. The molecule has 0 radical (unpaired) electrons. The molecule has 4 nitrogen and oxygen atoms in total. The molecular formula is C13H18F2N2O2.